The SMILES string of the molecule is CCCCCCCCc1ccc(CN(Cc2ccc(/C=C/C=O)cc2)C(=O)CCc2ccccc2)cc1. The minimum absolute atomic E-state index is 0.157. The fourth-order valence-electron chi connectivity index (χ4n) is 4.53. The number of carbonyl (C=O) groups excluding carboxylic acids is 2. The number of amides is 1. The highest BCUT2D eigenvalue weighted by molar-refractivity contribution is 5.76. The van der Waals surface area contributed by atoms with Gasteiger partial charge in [0.2, 0.25) is 5.91 Å². The van der Waals surface area contributed by atoms with E-state index in [1.54, 1.807) is 6.08 Å². The Labute approximate surface area is 223 Å². The lowest BCUT2D eigenvalue weighted by molar-refractivity contribution is -0.132. The predicted octanol–water partition coefficient (Wildman–Crippen LogP) is 7.96. The topological polar surface area (TPSA) is 37.4 Å². The number of hydrogen-bond donors (Lipinski definition) is 0. The minimum atomic E-state index is 0.157. The monoisotopic (exact) mass is 495 g/mol. The highest BCUT2D eigenvalue weighted by atomic mass is 16.2. The molecule has 0 fully saturated rings. The summed E-state index contributed by atoms with van der Waals surface area (Å²) in [5.74, 6) is 0.157. The van der Waals surface area contributed by atoms with Crippen molar-refractivity contribution in [2.24, 2.45) is 0 Å². The van der Waals surface area contributed by atoms with E-state index in [-0.39, 0.29) is 5.91 Å². The maximum atomic E-state index is 13.3. The van der Waals surface area contributed by atoms with Gasteiger partial charge in [0.05, 0.1) is 0 Å². The third-order valence-electron chi connectivity index (χ3n) is 6.76. The predicted molar refractivity (Wildman–Crippen MR) is 154 cm³/mol. The van der Waals surface area contributed by atoms with Gasteiger partial charge in [-0.3, -0.25) is 9.59 Å². The van der Waals surface area contributed by atoms with Crippen LogP contribution in [-0.4, -0.2) is 17.1 Å². The average Bonchev–Trinajstić information content (AvgIpc) is 2.94. The fraction of sp³-hybridized carbons (Fsp3) is 0.353. The molecule has 37 heavy (non-hydrogen) atoms. The molecule has 1 amide bonds. The summed E-state index contributed by atoms with van der Waals surface area (Å²) < 4.78 is 0. The van der Waals surface area contributed by atoms with Crippen molar-refractivity contribution in [3.05, 3.63) is 113 Å². The summed E-state index contributed by atoms with van der Waals surface area (Å²) >= 11 is 0. The van der Waals surface area contributed by atoms with E-state index in [2.05, 4.69) is 43.3 Å². The van der Waals surface area contributed by atoms with Crippen molar-refractivity contribution in [1.29, 1.82) is 0 Å². The largest absolute Gasteiger partial charge is 0.334 e. The number of aryl methyl sites for hydroxylation is 2. The Hall–Kier alpha value is -3.46. The molecule has 3 heteroatoms. The minimum Gasteiger partial charge on any atom is -0.334 e. The zero-order valence-corrected chi connectivity index (χ0v) is 22.3. The smallest absolute Gasteiger partial charge is 0.223 e. The lowest BCUT2D eigenvalue weighted by Gasteiger charge is -2.23. The molecular formula is C34H41NO2. The third kappa shape index (κ3) is 10.6. The van der Waals surface area contributed by atoms with Crippen LogP contribution in [0.1, 0.15) is 79.7 Å². The summed E-state index contributed by atoms with van der Waals surface area (Å²) in [5, 5.41) is 0. The summed E-state index contributed by atoms with van der Waals surface area (Å²) in [5.41, 5.74) is 5.77. The molecule has 0 aromatic heterocycles. The number of allylic oxidation sites excluding steroid dienone is 1. The quantitative estimate of drug-likeness (QED) is 0.115. The second-order valence-electron chi connectivity index (χ2n) is 9.81. The summed E-state index contributed by atoms with van der Waals surface area (Å²) in [6, 6.07) is 27.0. The van der Waals surface area contributed by atoms with Crippen molar-refractivity contribution in [2.75, 3.05) is 0 Å². The van der Waals surface area contributed by atoms with Gasteiger partial charge in [0.1, 0.15) is 6.29 Å². The highest BCUT2D eigenvalue weighted by Crippen LogP contribution is 2.17. The van der Waals surface area contributed by atoms with Gasteiger partial charge >= 0.3 is 0 Å². The van der Waals surface area contributed by atoms with Gasteiger partial charge in [0, 0.05) is 19.5 Å². The zero-order valence-electron chi connectivity index (χ0n) is 22.3. The molecule has 194 valence electrons. The summed E-state index contributed by atoms with van der Waals surface area (Å²) in [6.45, 7) is 3.41. The van der Waals surface area contributed by atoms with Gasteiger partial charge in [-0.25, -0.2) is 0 Å². The first-order chi connectivity index (χ1) is 18.2. The average molecular weight is 496 g/mol. The van der Waals surface area contributed by atoms with Gasteiger partial charge in [-0.15, -0.1) is 0 Å². The normalized spacial score (nSPS) is 11.1. The van der Waals surface area contributed by atoms with Crippen molar-refractivity contribution in [3.8, 4) is 0 Å². The Balaban J connectivity index is 1.62. The molecule has 0 aliphatic carbocycles. The summed E-state index contributed by atoms with van der Waals surface area (Å²) in [6.07, 6.45) is 14.3. The first-order valence-corrected chi connectivity index (χ1v) is 13.8. The number of rotatable bonds is 16. The number of carbonyl (C=O) groups is 2. The van der Waals surface area contributed by atoms with E-state index in [1.807, 2.05) is 47.4 Å². The first-order valence-electron chi connectivity index (χ1n) is 13.8. The van der Waals surface area contributed by atoms with E-state index < -0.39 is 0 Å². The van der Waals surface area contributed by atoms with Crippen LogP contribution in [0.3, 0.4) is 0 Å². The van der Waals surface area contributed by atoms with Crippen LogP contribution in [0.2, 0.25) is 0 Å². The first kappa shape index (κ1) is 28.1. The maximum Gasteiger partial charge on any atom is 0.223 e. The Kier molecular flexibility index (Phi) is 12.4. The van der Waals surface area contributed by atoms with E-state index in [9.17, 15) is 9.59 Å². The third-order valence-corrected chi connectivity index (χ3v) is 6.76. The van der Waals surface area contributed by atoms with Crippen LogP contribution >= 0.6 is 0 Å². The van der Waals surface area contributed by atoms with Crippen LogP contribution in [0.25, 0.3) is 6.08 Å². The molecule has 0 heterocycles. The van der Waals surface area contributed by atoms with Crippen LogP contribution in [0.5, 0.6) is 0 Å². The van der Waals surface area contributed by atoms with Gasteiger partial charge in [0.25, 0.3) is 0 Å². The van der Waals surface area contributed by atoms with E-state index in [1.165, 1.54) is 55.7 Å². The fourth-order valence-corrected chi connectivity index (χ4v) is 4.53. The molecule has 3 aromatic rings. The zero-order chi connectivity index (χ0) is 26.1. The van der Waals surface area contributed by atoms with Gasteiger partial charge < -0.3 is 4.90 Å². The summed E-state index contributed by atoms with van der Waals surface area (Å²) in [4.78, 5) is 25.9. The molecule has 0 radical (unpaired) electrons. The molecule has 0 saturated carbocycles. The molecule has 0 bridgehead atoms. The van der Waals surface area contributed by atoms with Crippen LogP contribution in [0, 0.1) is 0 Å². The van der Waals surface area contributed by atoms with Crippen LogP contribution in [0.4, 0.5) is 0 Å². The number of unbranched alkanes of at least 4 members (excludes halogenated alkanes) is 5. The van der Waals surface area contributed by atoms with Gasteiger partial charge in [-0.05, 0) is 53.2 Å². The standard InChI is InChI=1S/C34H41NO2/c1-2-3-4-5-6-8-14-30-16-20-32(21-17-30)27-35(34(37)25-24-29-12-9-7-10-13-29)28-33-22-18-31(19-23-33)15-11-26-36/h7,9-13,15-23,26H,2-6,8,14,24-25,27-28H2,1H3/b15-11+. The van der Waals surface area contributed by atoms with E-state index >= 15 is 0 Å². The molecule has 0 unspecified atom stereocenters. The Bertz CT molecular complexity index is 1080. The van der Waals surface area contributed by atoms with Gasteiger partial charge in [-0.1, -0.05) is 124 Å². The second kappa shape index (κ2) is 16.3. The maximum absolute atomic E-state index is 13.3. The molecule has 0 atom stereocenters. The summed E-state index contributed by atoms with van der Waals surface area (Å²) in [7, 11) is 0. The van der Waals surface area contributed by atoms with E-state index in [0.29, 0.717) is 19.5 Å². The molecule has 0 aliphatic rings. The van der Waals surface area contributed by atoms with Crippen molar-refractivity contribution in [1.82, 2.24) is 4.90 Å². The molecule has 3 nitrogen and oxygen atoms in total. The molecule has 0 spiro atoms. The lowest BCUT2D eigenvalue weighted by atomic mass is 10.0. The molecule has 0 N–H and O–H groups in total. The van der Waals surface area contributed by atoms with Gasteiger partial charge in [-0.2, -0.15) is 0 Å². The molecule has 3 aromatic carbocycles. The van der Waals surface area contributed by atoms with Gasteiger partial charge in [0.15, 0.2) is 0 Å². The van der Waals surface area contributed by atoms with Crippen molar-refractivity contribution < 1.29 is 9.59 Å². The van der Waals surface area contributed by atoms with Crippen LogP contribution < -0.4 is 0 Å². The van der Waals surface area contributed by atoms with E-state index in [4.69, 9.17) is 0 Å². The van der Waals surface area contributed by atoms with Crippen LogP contribution in [-0.2, 0) is 35.5 Å². The molecule has 3 rings (SSSR count). The Morgan fingerprint density at radius 2 is 1.24 bits per heavy atom. The number of nitrogens with zero attached hydrogens (tertiary/aromatic N) is 1. The van der Waals surface area contributed by atoms with E-state index in [0.717, 1.165) is 35.8 Å². The van der Waals surface area contributed by atoms with Crippen LogP contribution in [0.15, 0.2) is 84.9 Å². The number of benzene rings is 3. The van der Waals surface area contributed by atoms with Crippen molar-refractivity contribution >= 4 is 18.3 Å². The molecule has 0 saturated heterocycles. The Morgan fingerprint density at radius 3 is 1.89 bits per heavy atom. The molecule has 0 aliphatic heterocycles. The van der Waals surface area contributed by atoms with Crippen molar-refractivity contribution in [2.45, 2.75) is 77.8 Å². The number of aldehydes is 1. The number of hydrogen-bond acceptors (Lipinski definition) is 2. The second-order valence-corrected chi connectivity index (χ2v) is 9.81. The molecular weight excluding hydrogens is 454 g/mol. The van der Waals surface area contributed by atoms with Crippen molar-refractivity contribution in [3.63, 3.8) is 0 Å². The lowest BCUT2D eigenvalue weighted by Crippen LogP contribution is -2.30. The highest BCUT2D eigenvalue weighted by Gasteiger charge is 2.15. The Morgan fingerprint density at radius 1 is 0.676 bits per heavy atom.